The molecular weight excluding hydrogens is 448 g/mol. The first-order valence-electron chi connectivity index (χ1n) is 9.71. The minimum absolute atomic E-state index is 0.0759. The first kappa shape index (κ1) is 23.4. The SMILES string of the molecule is Cc1ccc(C(=O)Nc2ccc(SC(C)C(=O)Nc3ccc(Cl)c(C(=O)O)c3)cc2)cc1. The molecule has 1 unspecified atom stereocenters. The van der Waals surface area contributed by atoms with Crippen LogP contribution in [0.1, 0.15) is 33.2 Å². The second-order valence-electron chi connectivity index (χ2n) is 7.09. The molecule has 0 aliphatic heterocycles. The number of nitrogens with one attached hydrogen (secondary N) is 2. The Morgan fingerprint density at radius 3 is 2.16 bits per heavy atom. The number of carboxylic acids is 1. The highest BCUT2D eigenvalue weighted by Crippen LogP contribution is 2.27. The van der Waals surface area contributed by atoms with E-state index in [1.54, 1.807) is 37.3 Å². The summed E-state index contributed by atoms with van der Waals surface area (Å²) < 4.78 is 0. The van der Waals surface area contributed by atoms with Crippen molar-refractivity contribution >= 4 is 52.5 Å². The molecule has 6 nitrogen and oxygen atoms in total. The van der Waals surface area contributed by atoms with Gasteiger partial charge in [0.05, 0.1) is 15.8 Å². The van der Waals surface area contributed by atoms with E-state index in [4.69, 9.17) is 16.7 Å². The minimum atomic E-state index is -1.16. The van der Waals surface area contributed by atoms with Crippen molar-refractivity contribution in [3.05, 3.63) is 88.4 Å². The highest BCUT2D eigenvalue weighted by Gasteiger charge is 2.16. The van der Waals surface area contributed by atoms with E-state index in [0.29, 0.717) is 16.9 Å². The number of hydrogen-bond donors (Lipinski definition) is 3. The topological polar surface area (TPSA) is 95.5 Å². The number of halogens is 1. The summed E-state index contributed by atoms with van der Waals surface area (Å²) in [5.41, 5.74) is 2.60. The minimum Gasteiger partial charge on any atom is -0.478 e. The number of amides is 2. The van der Waals surface area contributed by atoms with E-state index in [0.717, 1.165) is 10.5 Å². The molecule has 3 rings (SSSR count). The molecule has 164 valence electrons. The Labute approximate surface area is 195 Å². The van der Waals surface area contributed by atoms with Crippen LogP contribution in [0.15, 0.2) is 71.6 Å². The molecule has 0 fully saturated rings. The molecule has 0 spiro atoms. The fourth-order valence-corrected chi connectivity index (χ4v) is 3.86. The number of carbonyl (C=O) groups excluding carboxylic acids is 2. The number of carboxylic acid groups (broad SMARTS) is 1. The molecule has 0 aromatic heterocycles. The third kappa shape index (κ3) is 6.12. The summed E-state index contributed by atoms with van der Waals surface area (Å²) in [5.74, 6) is -1.63. The van der Waals surface area contributed by atoms with E-state index in [1.165, 1.54) is 23.9 Å². The van der Waals surface area contributed by atoms with Gasteiger partial charge in [-0.1, -0.05) is 29.3 Å². The highest BCUT2D eigenvalue weighted by atomic mass is 35.5. The predicted octanol–water partition coefficient (Wildman–Crippen LogP) is 5.72. The van der Waals surface area contributed by atoms with Crippen LogP contribution < -0.4 is 10.6 Å². The van der Waals surface area contributed by atoms with Gasteiger partial charge in [0, 0.05) is 21.8 Å². The second-order valence-corrected chi connectivity index (χ2v) is 8.92. The zero-order valence-electron chi connectivity index (χ0n) is 17.4. The smallest absolute Gasteiger partial charge is 0.337 e. The Balaban J connectivity index is 1.58. The van der Waals surface area contributed by atoms with Crippen molar-refractivity contribution in [3.8, 4) is 0 Å². The number of rotatable bonds is 7. The summed E-state index contributed by atoms with van der Waals surface area (Å²) in [4.78, 5) is 36.9. The molecule has 0 aliphatic carbocycles. The summed E-state index contributed by atoms with van der Waals surface area (Å²) in [7, 11) is 0. The molecule has 3 N–H and O–H groups in total. The Morgan fingerprint density at radius 2 is 1.53 bits per heavy atom. The summed E-state index contributed by atoms with van der Waals surface area (Å²) in [6.45, 7) is 3.71. The molecule has 2 amide bonds. The molecule has 32 heavy (non-hydrogen) atoms. The molecule has 0 saturated carbocycles. The van der Waals surface area contributed by atoms with Gasteiger partial charge in [-0.3, -0.25) is 9.59 Å². The Bertz CT molecular complexity index is 1150. The first-order valence-corrected chi connectivity index (χ1v) is 11.0. The van der Waals surface area contributed by atoms with E-state index in [9.17, 15) is 14.4 Å². The van der Waals surface area contributed by atoms with Crippen molar-refractivity contribution in [3.63, 3.8) is 0 Å². The lowest BCUT2D eigenvalue weighted by Crippen LogP contribution is -2.22. The standard InChI is InChI=1S/C24H21ClN2O4S/c1-14-3-5-16(6-4-14)23(29)26-17-7-10-19(11-8-17)32-15(2)22(28)27-18-9-12-21(25)20(13-18)24(30)31/h3-13,15H,1-2H3,(H,26,29)(H,27,28)(H,30,31). The van der Waals surface area contributed by atoms with Gasteiger partial charge in [-0.25, -0.2) is 4.79 Å². The van der Waals surface area contributed by atoms with E-state index in [2.05, 4.69) is 10.6 Å². The number of aryl methyl sites for hydroxylation is 1. The molecule has 0 saturated heterocycles. The van der Waals surface area contributed by atoms with Crippen LogP contribution in [0.4, 0.5) is 11.4 Å². The van der Waals surface area contributed by atoms with Crippen LogP contribution in [-0.4, -0.2) is 28.1 Å². The molecule has 3 aromatic carbocycles. The first-order chi connectivity index (χ1) is 15.2. The van der Waals surface area contributed by atoms with Crippen LogP contribution in [0, 0.1) is 6.92 Å². The predicted molar refractivity (Wildman–Crippen MR) is 128 cm³/mol. The lowest BCUT2D eigenvalue weighted by Gasteiger charge is -2.13. The Morgan fingerprint density at radius 1 is 0.906 bits per heavy atom. The number of anilines is 2. The number of benzene rings is 3. The average molecular weight is 469 g/mol. The summed E-state index contributed by atoms with van der Waals surface area (Å²) in [5, 5.41) is 14.4. The van der Waals surface area contributed by atoms with Gasteiger partial charge in [0.1, 0.15) is 0 Å². The molecular formula is C24H21ClN2O4S. The molecule has 0 bridgehead atoms. The Kier molecular flexibility index (Phi) is 7.56. The van der Waals surface area contributed by atoms with Gasteiger partial charge >= 0.3 is 5.97 Å². The van der Waals surface area contributed by atoms with Crippen LogP contribution in [0.5, 0.6) is 0 Å². The second kappa shape index (κ2) is 10.3. The number of hydrogen-bond acceptors (Lipinski definition) is 4. The van der Waals surface area contributed by atoms with Gasteiger partial charge in [-0.15, -0.1) is 11.8 Å². The van der Waals surface area contributed by atoms with Crippen molar-refractivity contribution in [2.75, 3.05) is 10.6 Å². The number of thioether (sulfide) groups is 1. The van der Waals surface area contributed by atoms with Gasteiger partial charge in [-0.05, 0) is 68.4 Å². The highest BCUT2D eigenvalue weighted by molar-refractivity contribution is 8.00. The lowest BCUT2D eigenvalue weighted by atomic mass is 10.1. The van der Waals surface area contributed by atoms with Crippen molar-refractivity contribution in [1.82, 2.24) is 0 Å². The van der Waals surface area contributed by atoms with E-state index < -0.39 is 11.2 Å². The quantitative estimate of drug-likeness (QED) is 0.385. The van der Waals surface area contributed by atoms with Crippen molar-refractivity contribution < 1.29 is 19.5 Å². The summed E-state index contributed by atoms with van der Waals surface area (Å²) in [6, 6.07) is 18.8. The summed E-state index contributed by atoms with van der Waals surface area (Å²) >= 11 is 7.20. The maximum absolute atomic E-state index is 12.5. The molecule has 1 atom stereocenters. The molecule has 0 radical (unpaired) electrons. The molecule has 0 aliphatic rings. The van der Waals surface area contributed by atoms with Gasteiger partial charge < -0.3 is 15.7 Å². The monoisotopic (exact) mass is 468 g/mol. The molecule has 3 aromatic rings. The fraction of sp³-hybridized carbons (Fsp3) is 0.125. The zero-order chi connectivity index (χ0) is 23.3. The number of carbonyl (C=O) groups is 3. The van der Waals surface area contributed by atoms with Gasteiger partial charge in [-0.2, -0.15) is 0 Å². The maximum atomic E-state index is 12.5. The average Bonchev–Trinajstić information content (AvgIpc) is 2.76. The van der Waals surface area contributed by atoms with Crippen LogP contribution in [0.2, 0.25) is 5.02 Å². The van der Waals surface area contributed by atoms with Gasteiger partial charge in [0.2, 0.25) is 5.91 Å². The zero-order valence-corrected chi connectivity index (χ0v) is 19.0. The van der Waals surface area contributed by atoms with Gasteiger partial charge in [0.25, 0.3) is 5.91 Å². The number of aromatic carboxylic acids is 1. The molecule has 8 heteroatoms. The third-order valence-corrected chi connectivity index (χ3v) is 6.01. The Hall–Kier alpha value is -3.29. The molecule has 0 heterocycles. The van der Waals surface area contributed by atoms with Crippen LogP contribution in [-0.2, 0) is 4.79 Å². The van der Waals surface area contributed by atoms with Crippen LogP contribution in [0.25, 0.3) is 0 Å². The van der Waals surface area contributed by atoms with Crippen LogP contribution in [0.3, 0.4) is 0 Å². The van der Waals surface area contributed by atoms with Crippen molar-refractivity contribution in [2.24, 2.45) is 0 Å². The van der Waals surface area contributed by atoms with Crippen molar-refractivity contribution in [2.45, 2.75) is 24.0 Å². The van der Waals surface area contributed by atoms with Crippen LogP contribution >= 0.6 is 23.4 Å². The lowest BCUT2D eigenvalue weighted by molar-refractivity contribution is -0.115. The van der Waals surface area contributed by atoms with E-state index >= 15 is 0 Å². The normalized spacial score (nSPS) is 11.5. The van der Waals surface area contributed by atoms with Crippen molar-refractivity contribution in [1.29, 1.82) is 0 Å². The fourth-order valence-electron chi connectivity index (χ4n) is 2.79. The summed E-state index contributed by atoms with van der Waals surface area (Å²) in [6.07, 6.45) is 0. The van der Waals surface area contributed by atoms with E-state index in [1.807, 2.05) is 31.2 Å². The maximum Gasteiger partial charge on any atom is 0.337 e. The third-order valence-electron chi connectivity index (χ3n) is 4.57. The van der Waals surface area contributed by atoms with Gasteiger partial charge in [0.15, 0.2) is 0 Å². The largest absolute Gasteiger partial charge is 0.478 e. The van der Waals surface area contributed by atoms with E-state index in [-0.39, 0.29) is 22.4 Å².